The van der Waals surface area contributed by atoms with Gasteiger partial charge >= 0.3 is 0 Å². The van der Waals surface area contributed by atoms with Crippen molar-refractivity contribution in [1.82, 2.24) is 10.3 Å². The summed E-state index contributed by atoms with van der Waals surface area (Å²) in [5.74, 6) is 0. The van der Waals surface area contributed by atoms with Crippen LogP contribution in [0.2, 0.25) is 0 Å². The van der Waals surface area contributed by atoms with Gasteiger partial charge in [-0.05, 0) is 38.4 Å². The maximum atomic E-state index is 4.43. The van der Waals surface area contributed by atoms with Crippen LogP contribution in [0.4, 0.5) is 0 Å². The van der Waals surface area contributed by atoms with Crippen LogP contribution >= 0.6 is 0 Å². The lowest BCUT2D eigenvalue weighted by Gasteiger charge is -2.18. The van der Waals surface area contributed by atoms with E-state index in [4.69, 9.17) is 0 Å². The van der Waals surface area contributed by atoms with E-state index in [-0.39, 0.29) is 0 Å². The molecule has 0 aliphatic carbocycles. The maximum absolute atomic E-state index is 4.43. The van der Waals surface area contributed by atoms with Gasteiger partial charge in [-0.2, -0.15) is 0 Å². The molecule has 1 atom stereocenters. The molecule has 2 heteroatoms. The van der Waals surface area contributed by atoms with Crippen molar-refractivity contribution in [2.24, 2.45) is 0 Å². The number of nitrogens with one attached hydrogen (secondary N) is 1. The van der Waals surface area contributed by atoms with Crippen LogP contribution in [0.5, 0.6) is 0 Å². The van der Waals surface area contributed by atoms with Crippen molar-refractivity contribution < 1.29 is 0 Å². The number of aromatic nitrogens is 1. The third-order valence-corrected chi connectivity index (χ3v) is 2.72. The minimum atomic E-state index is 0.290. The highest BCUT2D eigenvalue weighted by atomic mass is 14.9. The van der Waals surface area contributed by atoms with Crippen molar-refractivity contribution in [3.63, 3.8) is 0 Å². The van der Waals surface area contributed by atoms with E-state index in [1.807, 2.05) is 19.3 Å². The lowest BCUT2D eigenvalue weighted by molar-refractivity contribution is 0.564. The van der Waals surface area contributed by atoms with Crippen LogP contribution in [-0.4, -0.2) is 12.0 Å². The van der Waals surface area contributed by atoms with Gasteiger partial charge in [0.1, 0.15) is 0 Å². The van der Waals surface area contributed by atoms with Crippen LogP contribution in [-0.2, 0) is 0 Å². The minimum Gasteiger partial charge on any atom is -0.311 e. The highest BCUT2D eigenvalue weighted by Crippen LogP contribution is 2.21. The van der Waals surface area contributed by atoms with Crippen molar-refractivity contribution in [3.8, 4) is 0 Å². The van der Waals surface area contributed by atoms with Crippen LogP contribution in [0.25, 0.3) is 0 Å². The minimum absolute atomic E-state index is 0.290. The predicted octanol–water partition coefficient (Wildman–Crippen LogP) is 3.01. The summed E-state index contributed by atoms with van der Waals surface area (Å²) in [5.41, 5.74) is 3.63. The second-order valence-corrected chi connectivity index (χ2v) is 3.85. The Hall–Kier alpha value is -1.15. The monoisotopic (exact) mass is 204 g/mol. The van der Waals surface area contributed by atoms with Gasteiger partial charge < -0.3 is 5.32 Å². The van der Waals surface area contributed by atoms with Gasteiger partial charge in [0, 0.05) is 6.20 Å². The molecule has 2 nitrogen and oxygen atoms in total. The fourth-order valence-corrected chi connectivity index (χ4v) is 1.63. The third-order valence-electron chi connectivity index (χ3n) is 2.72. The lowest BCUT2D eigenvalue weighted by atomic mass is 10.00. The van der Waals surface area contributed by atoms with E-state index >= 15 is 0 Å². The van der Waals surface area contributed by atoms with Crippen LogP contribution in [0, 0.1) is 6.92 Å². The average molecular weight is 204 g/mol. The average Bonchev–Trinajstić information content (AvgIpc) is 2.26. The number of pyridine rings is 1. The number of hydrogen-bond donors (Lipinski definition) is 1. The van der Waals surface area contributed by atoms with Gasteiger partial charge in [0.2, 0.25) is 0 Å². The van der Waals surface area contributed by atoms with Gasteiger partial charge in [-0.15, -0.1) is 0 Å². The predicted molar refractivity (Wildman–Crippen MR) is 64.8 cm³/mol. The summed E-state index contributed by atoms with van der Waals surface area (Å²) in [5, 5.41) is 3.30. The standard InChI is InChI=1S/C13H20N2/c1-5-10(2)9-12(14-4)13-11(3)7-6-8-15-13/h6-8,12,14H,2,5,9H2,1,3-4H3. The van der Waals surface area contributed by atoms with Gasteiger partial charge in [-0.25, -0.2) is 0 Å². The highest BCUT2D eigenvalue weighted by Gasteiger charge is 2.13. The molecule has 1 aromatic heterocycles. The molecule has 0 spiro atoms. The quantitative estimate of drug-likeness (QED) is 0.746. The molecule has 1 aromatic rings. The first-order valence-electron chi connectivity index (χ1n) is 5.44. The van der Waals surface area contributed by atoms with Crippen LogP contribution in [0.1, 0.15) is 37.1 Å². The van der Waals surface area contributed by atoms with Crippen molar-refractivity contribution in [2.75, 3.05) is 7.05 Å². The summed E-state index contributed by atoms with van der Waals surface area (Å²) >= 11 is 0. The second-order valence-electron chi connectivity index (χ2n) is 3.85. The first kappa shape index (κ1) is 11.9. The van der Waals surface area contributed by atoms with Gasteiger partial charge in [-0.1, -0.05) is 25.1 Å². The Kier molecular flexibility index (Phi) is 4.50. The summed E-state index contributed by atoms with van der Waals surface area (Å²) in [6.45, 7) is 8.29. The zero-order valence-corrected chi connectivity index (χ0v) is 9.88. The Morgan fingerprint density at radius 3 is 2.87 bits per heavy atom. The topological polar surface area (TPSA) is 24.9 Å². The highest BCUT2D eigenvalue weighted by molar-refractivity contribution is 5.22. The maximum Gasteiger partial charge on any atom is 0.0605 e. The van der Waals surface area contributed by atoms with E-state index in [0.29, 0.717) is 6.04 Å². The Labute approximate surface area is 92.4 Å². The second kappa shape index (κ2) is 5.66. The first-order chi connectivity index (χ1) is 7.19. The Morgan fingerprint density at radius 2 is 2.33 bits per heavy atom. The van der Waals surface area contributed by atoms with E-state index < -0.39 is 0 Å². The molecule has 0 aliphatic heterocycles. The number of hydrogen-bond acceptors (Lipinski definition) is 2. The molecule has 82 valence electrons. The summed E-state index contributed by atoms with van der Waals surface area (Å²) in [4.78, 5) is 4.43. The van der Waals surface area contributed by atoms with Gasteiger partial charge in [0.15, 0.2) is 0 Å². The molecule has 1 rings (SSSR count). The molecule has 15 heavy (non-hydrogen) atoms. The number of aryl methyl sites for hydroxylation is 1. The summed E-state index contributed by atoms with van der Waals surface area (Å²) in [7, 11) is 1.97. The summed E-state index contributed by atoms with van der Waals surface area (Å²) in [6.07, 6.45) is 3.84. The molecule has 0 aliphatic rings. The number of nitrogens with zero attached hydrogens (tertiary/aromatic N) is 1. The van der Waals surface area contributed by atoms with E-state index in [2.05, 4.69) is 36.8 Å². The van der Waals surface area contributed by atoms with E-state index in [0.717, 1.165) is 18.5 Å². The van der Waals surface area contributed by atoms with E-state index in [1.165, 1.54) is 11.1 Å². The Morgan fingerprint density at radius 1 is 1.60 bits per heavy atom. The van der Waals surface area contributed by atoms with Crippen molar-refractivity contribution >= 4 is 0 Å². The summed E-state index contributed by atoms with van der Waals surface area (Å²) < 4.78 is 0. The normalized spacial score (nSPS) is 12.5. The molecule has 0 saturated heterocycles. The van der Waals surface area contributed by atoms with E-state index in [9.17, 15) is 0 Å². The van der Waals surface area contributed by atoms with Crippen LogP contribution in [0.15, 0.2) is 30.5 Å². The molecule has 1 unspecified atom stereocenters. The molecule has 1 heterocycles. The fraction of sp³-hybridized carbons (Fsp3) is 0.462. The Bertz CT molecular complexity index is 331. The van der Waals surface area contributed by atoms with Crippen molar-refractivity contribution in [2.45, 2.75) is 32.7 Å². The van der Waals surface area contributed by atoms with Gasteiger partial charge in [0.25, 0.3) is 0 Å². The molecule has 0 saturated carbocycles. The van der Waals surface area contributed by atoms with Crippen LogP contribution in [0.3, 0.4) is 0 Å². The molecular formula is C13H20N2. The Balaban J connectivity index is 2.83. The first-order valence-corrected chi connectivity index (χ1v) is 5.44. The van der Waals surface area contributed by atoms with Crippen molar-refractivity contribution in [1.29, 1.82) is 0 Å². The molecular weight excluding hydrogens is 184 g/mol. The zero-order chi connectivity index (χ0) is 11.3. The molecule has 0 amide bonds. The molecule has 0 bridgehead atoms. The van der Waals surface area contributed by atoms with Gasteiger partial charge in [0.05, 0.1) is 11.7 Å². The number of rotatable bonds is 5. The molecule has 0 aromatic carbocycles. The zero-order valence-electron chi connectivity index (χ0n) is 9.88. The lowest BCUT2D eigenvalue weighted by Crippen LogP contribution is -2.19. The largest absolute Gasteiger partial charge is 0.311 e. The van der Waals surface area contributed by atoms with Crippen LogP contribution < -0.4 is 5.32 Å². The SMILES string of the molecule is C=C(CC)CC(NC)c1ncccc1C. The fourth-order valence-electron chi connectivity index (χ4n) is 1.63. The molecule has 0 fully saturated rings. The molecule has 1 N–H and O–H groups in total. The van der Waals surface area contributed by atoms with Gasteiger partial charge in [-0.3, -0.25) is 4.98 Å². The van der Waals surface area contributed by atoms with Crippen molar-refractivity contribution in [3.05, 3.63) is 41.7 Å². The van der Waals surface area contributed by atoms with E-state index in [1.54, 1.807) is 0 Å². The third kappa shape index (κ3) is 3.17. The summed E-state index contributed by atoms with van der Waals surface area (Å²) in [6, 6.07) is 4.36. The molecule has 0 radical (unpaired) electrons. The smallest absolute Gasteiger partial charge is 0.0605 e.